The third kappa shape index (κ3) is 2.52. The topological polar surface area (TPSA) is 21.7 Å². The molecule has 3 nitrogen and oxygen atoms in total. The van der Waals surface area contributed by atoms with Crippen LogP contribution >= 0.6 is 0 Å². The maximum atomic E-state index is 5.95. The van der Waals surface area contributed by atoms with Crippen molar-refractivity contribution in [2.24, 2.45) is 0 Å². The first-order valence-electron chi connectivity index (χ1n) is 5.99. The van der Waals surface area contributed by atoms with Crippen molar-refractivity contribution in [3.8, 4) is 0 Å². The molecule has 0 aromatic carbocycles. The molecule has 0 bridgehead atoms. The van der Waals surface area contributed by atoms with Crippen LogP contribution in [0.5, 0.6) is 0 Å². The summed E-state index contributed by atoms with van der Waals surface area (Å²) in [7, 11) is 0. The molecule has 0 radical (unpaired) electrons. The van der Waals surface area contributed by atoms with Crippen LogP contribution in [0.3, 0.4) is 0 Å². The third-order valence-corrected chi connectivity index (χ3v) is 3.40. The molecular formula is C12H23NO2. The van der Waals surface area contributed by atoms with Gasteiger partial charge in [0.25, 0.3) is 0 Å². The minimum Gasteiger partial charge on any atom is -0.373 e. The molecule has 2 aliphatic heterocycles. The molecule has 2 saturated heterocycles. The maximum absolute atomic E-state index is 5.95. The van der Waals surface area contributed by atoms with Crippen LogP contribution in [0.15, 0.2) is 0 Å². The zero-order valence-corrected chi connectivity index (χ0v) is 10.3. The van der Waals surface area contributed by atoms with E-state index in [2.05, 4.69) is 32.6 Å². The predicted molar refractivity (Wildman–Crippen MR) is 60.0 cm³/mol. The minimum absolute atomic E-state index is 0.245. The molecular weight excluding hydrogens is 190 g/mol. The van der Waals surface area contributed by atoms with Gasteiger partial charge in [0, 0.05) is 18.6 Å². The zero-order chi connectivity index (χ0) is 11.1. The van der Waals surface area contributed by atoms with Gasteiger partial charge in [-0.3, -0.25) is 4.90 Å². The molecule has 0 aliphatic carbocycles. The molecule has 2 fully saturated rings. The van der Waals surface area contributed by atoms with E-state index in [1.807, 2.05) is 0 Å². The summed E-state index contributed by atoms with van der Waals surface area (Å²) in [6.45, 7) is 11.8. The van der Waals surface area contributed by atoms with Gasteiger partial charge in [-0.05, 0) is 34.1 Å². The highest BCUT2D eigenvalue weighted by Crippen LogP contribution is 2.27. The van der Waals surface area contributed by atoms with Crippen LogP contribution in [0.2, 0.25) is 0 Å². The van der Waals surface area contributed by atoms with Crippen molar-refractivity contribution in [3.63, 3.8) is 0 Å². The molecule has 88 valence electrons. The molecule has 0 amide bonds. The highest BCUT2D eigenvalue weighted by molar-refractivity contribution is 4.90. The van der Waals surface area contributed by atoms with Crippen molar-refractivity contribution < 1.29 is 9.47 Å². The summed E-state index contributed by atoms with van der Waals surface area (Å²) >= 11 is 0. The van der Waals surface area contributed by atoms with Crippen LogP contribution in [0.25, 0.3) is 0 Å². The van der Waals surface area contributed by atoms with Crippen molar-refractivity contribution in [3.05, 3.63) is 0 Å². The molecule has 2 heterocycles. The van der Waals surface area contributed by atoms with E-state index in [0.29, 0.717) is 6.10 Å². The van der Waals surface area contributed by atoms with E-state index in [1.54, 1.807) is 0 Å². The van der Waals surface area contributed by atoms with Crippen molar-refractivity contribution in [1.29, 1.82) is 0 Å². The van der Waals surface area contributed by atoms with Crippen molar-refractivity contribution in [2.45, 2.75) is 58.0 Å². The summed E-state index contributed by atoms with van der Waals surface area (Å²) in [6, 6.07) is 0. The Morgan fingerprint density at radius 2 is 1.93 bits per heavy atom. The van der Waals surface area contributed by atoms with E-state index in [1.165, 1.54) is 0 Å². The highest BCUT2D eigenvalue weighted by atomic mass is 16.6. The number of hydrogen-bond donors (Lipinski definition) is 0. The zero-order valence-electron chi connectivity index (χ0n) is 10.3. The van der Waals surface area contributed by atoms with E-state index >= 15 is 0 Å². The lowest BCUT2D eigenvalue weighted by Gasteiger charge is -2.47. The summed E-state index contributed by atoms with van der Waals surface area (Å²) in [5, 5.41) is 0. The van der Waals surface area contributed by atoms with Gasteiger partial charge in [-0.2, -0.15) is 0 Å². The van der Waals surface area contributed by atoms with Gasteiger partial charge in [0.05, 0.1) is 24.9 Å². The molecule has 2 aliphatic rings. The Kier molecular flexibility index (Phi) is 3.06. The number of hydrogen-bond acceptors (Lipinski definition) is 3. The van der Waals surface area contributed by atoms with Crippen molar-refractivity contribution in [1.82, 2.24) is 4.90 Å². The van der Waals surface area contributed by atoms with Crippen LogP contribution in [-0.4, -0.2) is 48.4 Å². The molecule has 0 N–H and O–H groups in total. The first-order chi connectivity index (χ1) is 6.97. The lowest BCUT2D eigenvalue weighted by molar-refractivity contribution is -0.201. The van der Waals surface area contributed by atoms with E-state index in [0.717, 1.165) is 26.1 Å². The molecule has 3 atom stereocenters. The Bertz CT molecular complexity index is 224. The summed E-state index contributed by atoms with van der Waals surface area (Å²) in [4.78, 5) is 2.50. The van der Waals surface area contributed by atoms with Crippen LogP contribution in [-0.2, 0) is 9.47 Å². The fraction of sp³-hybridized carbons (Fsp3) is 1.00. The second kappa shape index (κ2) is 4.04. The van der Waals surface area contributed by atoms with Crippen LogP contribution < -0.4 is 0 Å². The number of piperidine rings is 1. The van der Waals surface area contributed by atoms with Gasteiger partial charge in [0.15, 0.2) is 0 Å². The fourth-order valence-corrected chi connectivity index (χ4v) is 2.42. The van der Waals surface area contributed by atoms with Gasteiger partial charge in [0.2, 0.25) is 0 Å². The third-order valence-electron chi connectivity index (χ3n) is 3.40. The number of fused-ring (bicyclic) bond motifs is 1. The second-order valence-electron chi connectivity index (χ2n) is 5.76. The highest BCUT2D eigenvalue weighted by Gasteiger charge is 2.38. The predicted octanol–water partition coefficient (Wildman–Crippen LogP) is 1.66. The van der Waals surface area contributed by atoms with Gasteiger partial charge in [-0.25, -0.2) is 0 Å². The maximum Gasteiger partial charge on any atom is 0.0968 e. The Hall–Kier alpha value is -0.120. The average molecular weight is 213 g/mol. The quantitative estimate of drug-likeness (QED) is 0.611. The molecule has 3 unspecified atom stereocenters. The first-order valence-corrected chi connectivity index (χ1v) is 5.99. The number of rotatable bonds is 0. The van der Waals surface area contributed by atoms with Crippen molar-refractivity contribution >= 4 is 0 Å². The monoisotopic (exact) mass is 213 g/mol. The Morgan fingerprint density at radius 1 is 1.20 bits per heavy atom. The fourth-order valence-electron chi connectivity index (χ4n) is 2.42. The Morgan fingerprint density at radius 3 is 2.60 bits per heavy atom. The largest absolute Gasteiger partial charge is 0.373 e. The summed E-state index contributed by atoms with van der Waals surface area (Å²) in [6.07, 6.45) is 1.97. The smallest absolute Gasteiger partial charge is 0.0968 e. The van der Waals surface area contributed by atoms with E-state index in [9.17, 15) is 0 Å². The molecule has 0 aromatic rings. The second-order valence-corrected chi connectivity index (χ2v) is 5.76. The average Bonchev–Trinajstić information content (AvgIpc) is 2.15. The SMILES string of the molecule is CC1COC2CCN(C(C)(C)C)CC2O1. The Labute approximate surface area is 92.7 Å². The molecule has 0 saturated carbocycles. The molecule has 2 rings (SSSR count). The number of likely N-dealkylation sites (tertiary alicyclic amines) is 1. The normalized spacial score (nSPS) is 38.8. The standard InChI is InChI=1S/C12H23NO2/c1-9-8-14-10-5-6-13(12(2,3)4)7-11(10)15-9/h9-11H,5-8H2,1-4H3. The van der Waals surface area contributed by atoms with Crippen LogP contribution in [0, 0.1) is 0 Å². The van der Waals surface area contributed by atoms with Gasteiger partial charge in [-0.1, -0.05) is 0 Å². The van der Waals surface area contributed by atoms with Crippen molar-refractivity contribution in [2.75, 3.05) is 19.7 Å². The summed E-state index contributed by atoms with van der Waals surface area (Å²) in [5.74, 6) is 0. The van der Waals surface area contributed by atoms with E-state index in [-0.39, 0.29) is 17.7 Å². The lowest BCUT2D eigenvalue weighted by atomic mass is 9.97. The lowest BCUT2D eigenvalue weighted by Crippen LogP contribution is -2.58. The molecule has 0 aromatic heterocycles. The summed E-state index contributed by atoms with van der Waals surface area (Å²) < 4.78 is 11.8. The number of ether oxygens (including phenoxy) is 2. The van der Waals surface area contributed by atoms with E-state index < -0.39 is 0 Å². The summed E-state index contributed by atoms with van der Waals surface area (Å²) in [5.41, 5.74) is 0.245. The van der Waals surface area contributed by atoms with Crippen LogP contribution in [0.1, 0.15) is 34.1 Å². The Balaban J connectivity index is 1.97. The minimum atomic E-state index is 0.245. The van der Waals surface area contributed by atoms with E-state index in [4.69, 9.17) is 9.47 Å². The van der Waals surface area contributed by atoms with Gasteiger partial charge >= 0.3 is 0 Å². The van der Waals surface area contributed by atoms with Gasteiger partial charge < -0.3 is 9.47 Å². The number of nitrogens with zero attached hydrogens (tertiary/aromatic N) is 1. The molecule has 3 heteroatoms. The first kappa shape index (κ1) is 11.4. The van der Waals surface area contributed by atoms with Crippen LogP contribution in [0.4, 0.5) is 0 Å². The molecule has 15 heavy (non-hydrogen) atoms. The molecule has 0 spiro atoms. The van der Waals surface area contributed by atoms with Gasteiger partial charge in [-0.15, -0.1) is 0 Å². The van der Waals surface area contributed by atoms with Gasteiger partial charge in [0.1, 0.15) is 0 Å².